The van der Waals surface area contributed by atoms with Gasteiger partial charge in [-0.05, 0) is 35.9 Å². The van der Waals surface area contributed by atoms with E-state index >= 15 is 0 Å². The monoisotopic (exact) mass is 291 g/mol. The standard InChI is InChI=1S/C13H14BrN3/c14-11-2-1-3-12(7-11)17-9-10-4-5-16-13(6-10)8-15/h1-7,17H,8-9,15H2. The third-order valence-electron chi connectivity index (χ3n) is 2.41. The summed E-state index contributed by atoms with van der Waals surface area (Å²) in [6.07, 6.45) is 1.79. The molecule has 0 radical (unpaired) electrons. The Labute approximate surface area is 109 Å². The van der Waals surface area contributed by atoms with Crippen LogP contribution in [0.15, 0.2) is 47.1 Å². The largest absolute Gasteiger partial charge is 0.381 e. The lowest BCUT2D eigenvalue weighted by atomic mass is 10.2. The summed E-state index contributed by atoms with van der Waals surface area (Å²) in [5, 5.41) is 3.35. The van der Waals surface area contributed by atoms with Gasteiger partial charge in [0.25, 0.3) is 0 Å². The molecule has 0 saturated carbocycles. The third kappa shape index (κ3) is 3.54. The average molecular weight is 292 g/mol. The fourth-order valence-corrected chi connectivity index (χ4v) is 1.95. The SMILES string of the molecule is NCc1cc(CNc2cccc(Br)c2)ccn1. The maximum absolute atomic E-state index is 5.56. The van der Waals surface area contributed by atoms with Crippen molar-refractivity contribution in [3.05, 3.63) is 58.3 Å². The maximum atomic E-state index is 5.56. The van der Waals surface area contributed by atoms with Crippen molar-refractivity contribution in [1.82, 2.24) is 4.98 Å². The van der Waals surface area contributed by atoms with E-state index in [1.165, 1.54) is 5.56 Å². The van der Waals surface area contributed by atoms with Crippen LogP contribution < -0.4 is 11.1 Å². The summed E-state index contributed by atoms with van der Waals surface area (Å²) in [5.74, 6) is 0. The lowest BCUT2D eigenvalue weighted by molar-refractivity contribution is 0.973. The fraction of sp³-hybridized carbons (Fsp3) is 0.154. The summed E-state index contributed by atoms with van der Waals surface area (Å²) < 4.78 is 1.07. The molecule has 88 valence electrons. The van der Waals surface area contributed by atoms with Gasteiger partial charge in [0.05, 0.1) is 5.69 Å². The Morgan fingerprint density at radius 2 is 2.12 bits per heavy atom. The molecule has 4 heteroatoms. The number of pyridine rings is 1. The highest BCUT2D eigenvalue weighted by Crippen LogP contribution is 2.16. The summed E-state index contributed by atoms with van der Waals surface area (Å²) in [5.41, 5.74) is 8.74. The molecular weight excluding hydrogens is 278 g/mol. The highest BCUT2D eigenvalue weighted by atomic mass is 79.9. The second-order valence-corrected chi connectivity index (χ2v) is 4.64. The normalized spacial score (nSPS) is 10.2. The van der Waals surface area contributed by atoms with E-state index in [1.807, 2.05) is 36.4 Å². The zero-order valence-corrected chi connectivity index (χ0v) is 10.9. The van der Waals surface area contributed by atoms with Gasteiger partial charge < -0.3 is 11.1 Å². The lowest BCUT2D eigenvalue weighted by Gasteiger charge is -2.07. The van der Waals surface area contributed by atoms with E-state index < -0.39 is 0 Å². The Bertz CT molecular complexity index is 500. The number of nitrogens with zero attached hydrogens (tertiary/aromatic N) is 1. The zero-order valence-electron chi connectivity index (χ0n) is 9.36. The van der Waals surface area contributed by atoms with E-state index in [9.17, 15) is 0 Å². The molecule has 1 aromatic heterocycles. The van der Waals surface area contributed by atoms with Gasteiger partial charge in [0.15, 0.2) is 0 Å². The Morgan fingerprint density at radius 3 is 2.88 bits per heavy atom. The molecule has 3 nitrogen and oxygen atoms in total. The van der Waals surface area contributed by atoms with Gasteiger partial charge >= 0.3 is 0 Å². The van der Waals surface area contributed by atoms with Crippen LogP contribution in [0.25, 0.3) is 0 Å². The molecule has 0 atom stereocenters. The first-order valence-corrected chi connectivity index (χ1v) is 6.20. The topological polar surface area (TPSA) is 50.9 Å². The van der Waals surface area contributed by atoms with Crippen molar-refractivity contribution in [3.63, 3.8) is 0 Å². The molecule has 0 saturated heterocycles. The second kappa shape index (κ2) is 5.80. The average Bonchev–Trinajstić information content (AvgIpc) is 2.37. The second-order valence-electron chi connectivity index (χ2n) is 3.72. The van der Waals surface area contributed by atoms with Gasteiger partial charge in [-0.15, -0.1) is 0 Å². The molecule has 0 spiro atoms. The molecule has 2 aromatic rings. The maximum Gasteiger partial charge on any atom is 0.0542 e. The summed E-state index contributed by atoms with van der Waals surface area (Å²) in [6, 6.07) is 12.1. The Kier molecular flexibility index (Phi) is 4.12. The summed E-state index contributed by atoms with van der Waals surface area (Å²) >= 11 is 3.44. The van der Waals surface area contributed by atoms with Crippen LogP contribution >= 0.6 is 15.9 Å². The predicted molar refractivity (Wildman–Crippen MR) is 73.6 cm³/mol. The van der Waals surface area contributed by atoms with Crippen LogP contribution in [-0.2, 0) is 13.1 Å². The quantitative estimate of drug-likeness (QED) is 0.911. The van der Waals surface area contributed by atoms with Crippen LogP contribution in [-0.4, -0.2) is 4.98 Å². The van der Waals surface area contributed by atoms with Crippen molar-refractivity contribution in [1.29, 1.82) is 0 Å². The highest BCUT2D eigenvalue weighted by Gasteiger charge is 1.97. The van der Waals surface area contributed by atoms with Crippen molar-refractivity contribution in [3.8, 4) is 0 Å². The number of hydrogen-bond acceptors (Lipinski definition) is 3. The fourth-order valence-electron chi connectivity index (χ4n) is 1.55. The van der Waals surface area contributed by atoms with E-state index in [1.54, 1.807) is 6.20 Å². The van der Waals surface area contributed by atoms with Crippen molar-refractivity contribution < 1.29 is 0 Å². The minimum Gasteiger partial charge on any atom is -0.381 e. The van der Waals surface area contributed by atoms with Crippen LogP contribution in [0.2, 0.25) is 0 Å². The van der Waals surface area contributed by atoms with E-state index in [2.05, 4.69) is 26.2 Å². The molecular formula is C13H14BrN3. The molecule has 0 unspecified atom stereocenters. The Hall–Kier alpha value is -1.39. The smallest absolute Gasteiger partial charge is 0.0542 e. The highest BCUT2D eigenvalue weighted by molar-refractivity contribution is 9.10. The minimum absolute atomic E-state index is 0.477. The predicted octanol–water partition coefficient (Wildman–Crippen LogP) is 2.91. The van der Waals surface area contributed by atoms with E-state index in [4.69, 9.17) is 5.73 Å². The molecule has 0 aliphatic carbocycles. The van der Waals surface area contributed by atoms with Gasteiger partial charge in [-0.3, -0.25) is 4.98 Å². The van der Waals surface area contributed by atoms with Crippen molar-refractivity contribution >= 4 is 21.6 Å². The number of nitrogens with two attached hydrogens (primary N) is 1. The number of benzene rings is 1. The zero-order chi connectivity index (χ0) is 12.1. The molecule has 17 heavy (non-hydrogen) atoms. The summed E-state index contributed by atoms with van der Waals surface area (Å²) in [4.78, 5) is 4.17. The molecule has 3 N–H and O–H groups in total. The van der Waals surface area contributed by atoms with Crippen molar-refractivity contribution in [2.45, 2.75) is 13.1 Å². The van der Waals surface area contributed by atoms with E-state index in [0.717, 1.165) is 22.4 Å². The van der Waals surface area contributed by atoms with Gasteiger partial charge in [-0.1, -0.05) is 22.0 Å². The summed E-state index contributed by atoms with van der Waals surface area (Å²) in [6.45, 7) is 1.25. The number of halogens is 1. The number of nitrogens with one attached hydrogen (secondary N) is 1. The molecule has 0 fully saturated rings. The number of rotatable bonds is 4. The Morgan fingerprint density at radius 1 is 1.24 bits per heavy atom. The van der Waals surface area contributed by atoms with Crippen LogP contribution in [0.1, 0.15) is 11.3 Å². The molecule has 1 aromatic carbocycles. The van der Waals surface area contributed by atoms with E-state index in [0.29, 0.717) is 6.54 Å². The number of anilines is 1. The van der Waals surface area contributed by atoms with Crippen molar-refractivity contribution in [2.24, 2.45) is 5.73 Å². The first-order chi connectivity index (χ1) is 8.28. The van der Waals surface area contributed by atoms with Gasteiger partial charge in [-0.2, -0.15) is 0 Å². The van der Waals surface area contributed by atoms with Crippen molar-refractivity contribution in [2.75, 3.05) is 5.32 Å². The van der Waals surface area contributed by atoms with Crippen LogP contribution in [0.3, 0.4) is 0 Å². The first-order valence-electron chi connectivity index (χ1n) is 5.41. The minimum atomic E-state index is 0.477. The molecule has 1 heterocycles. The number of hydrogen-bond donors (Lipinski definition) is 2. The first kappa shape index (κ1) is 12.1. The van der Waals surface area contributed by atoms with Gasteiger partial charge in [0.2, 0.25) is 0 Å². The molecule has 0 aliphatic rings. The molecule has 0 bridgehead atoms. The van der Waals surface area contributed by atoms with Gasteiger partial charge in [0, 0.05) is 29.4 Å². The third-order valence-corrected chi connectivity index (χ3v) is 2.90. The van der Waals surface area contributed by atoms with Gasteiger partial charge in [0.1, 0.15) is 0 Å². The molecule has 0 amide bonds. The van der Waals surface area contributed by atoms with E-state index in [-0.39, 0.29) is 0 Å². The van der Waals surface area contributed by atoms with Crippen LogP contribution in [0.5, 0.6) is 0 Å². The Balaban J connectivity index is 2.02. The van der Waals surface area contributed by atoms with Crippen LogP contribution in [0.4, 0.5) is 5.69 Å². The number of aromatic nitrogens is 1. The summed E-state index contributed by atoms with van der Waals surface area (Å²) in [7, 11) is 0. The lowest BCUT2D eigenvalue weighted by Crippen LogP contribution is -2.03. The van der Waals surface area contributed by atoms with Crippen LogP contribution in [0, 0.1) is 0 Å². The molecule has 0 aliphatic heterocycles. The molecule has 2 rings (SSSR count). The van der Waals surface area contributed by atoms with Gasteiger partial charge in [-0.25, -0.2) is 0 Å².